The Morgan fingerprint density at radius 3 is 1.91 bits per heavy atom. The molecule has 0 aliphatic heterocycles. The second-order valence-electron chi connectivity index (χ2n) is 4.69. The van der Waals surface area contributed by atoms with Crippen LogP contribution in [0.1, 0.15) is 53.4 Å². The number of esters is 2. The lowest BCUT2D eigenvalue weighted by atomic mass is 10.1. The maximum atomic E-state index is 12.8. The van der Waals surface area contributed by atoms with E-state index in [4.69, 9.17) is 18.5 Å². The molecule has 136 valence electrons. The quantitative estimate of drug-likeness (QED) is 0.285. The molecule has 0 aromatic heterocycles. The predicted molar refractivity (Wildman–Crippen MR) is 86.4 cm³/mol. The number of ether oxygens (including phenoxy) is 2. The van der Waals surface area contributed by atoms with Crippen molar-refractivity contribution < 1.29 is 32.7 Å². The van der Waals surface area contributed by atoms with Gasteiger partial charge in [0.15, 0.2) is 5.66 Å². The summed E-state index contributed by atoms with van der Waals surface area (Å²) in [5.74, 6) is -0.869. The summed E-state index contributed by atoms with van der Waals surface area (Å²) in [6, 6.07) is 0. The Labute approximate surface area is 138 Å². The summed E-state index contributed by atoms with van der Waals surface area (Å²) < 4.78 is 33.2. The molecule has 0 rings (SSSR count). The van der Waals surface area contributed by atoms with Crippen LogP contribution in [0, 0.1) is 0 Å². The van der Waals surface area contributed by atoms with Crippen molar-refractivity contribution in [1.82, 2.24) is 0 Å². The molecule has 0 aromatic rings. The average molecular weight is 352 g/mol. The van der Waals surface area contributed by atoms with Gasteiger partial charge in [0.1, 0.15) is 0 Å². The molecule has 0 aliphatic carbocycles. The molecule has 0 spiro atoms. The lowest BCUT2D eigenvalue weighted by Gasteiger charge is -2.24. The van der Waals surface area contributed by atoms with E-state index in [0.717, 1.165) is 0 Å². The minimum absolute atomic E-state index is 0.177. The van der Waals surface area contributed by atoms with E-state index in [9.17, 15) is 14.2 Å². The van der Waals surface area contributed by atoms with Crippen molar-refractivity contribution >= 4 is 19.5 Å². The molecule has 0 saturated heterocycles. The smallest absolute Gasteiger partial charge is 0.344 e. The van der Waals surface area contributed by atoms with Crippen LogP contribution in [-0.2, 0) is 32.7 Å². The van der Waals surface area contributed by atoms with Crippen LogP contribution in [-0.4, -0.2) is 44.0 Å². The average Bonchev–Trinajstić information content (AvgIpc) is 2.47. The van der Waals surface area contributed by atoms with Crippen molar-refractivity contribution in [2.24, 2.45) is 0 Å². The first-order valence-corrected chi connectivity index (χ1v) is 9.77. The number of carbonyl (C=O) groups is 2. The van der Waals surface area contributed by atoms with Crippen molar-refractivity contribution in [2.75, 3.05) is 26.4 Å². The maximum Gasteiger partial charge on any atom is 0.344 e. The van der Waals surface area contributed by atoms with Crippen molar-refractivity contribution in [3.8, 4) is 0 Å². The maximum absolute atomic E-state index is 12.8. The van der Waals surface area contributed by atoms with Gasteiger partial charge in [0, 0.05) is 6.42 Å². The van der Waals surface area contributed by atoms with Gasteiger partial charge in [-0.1, -0.05) is 6.42 Å². The molecule has 0 aliphatic rings. The summed E-state index contributed by atoms with van der Waals surface area (Å²) >= 11 is 0. The van der Waals surface area contributed by atoms with Gasteiger partial charge in [0.2, 0.25) is 0 Å². The Kier molecular flexibility index (Phi) is 12.0. The molecule has 0 aromatic carbocycles. The van der Waals surface area contributed by atoms with E-state index in [1.807, 2.05) is 0 Å². The molecule has 0 saturated carbocycles. The van der Waals surface area contributed by atoms with Gasteiger partial charge < -0.3 is 18.5 Å². The minimum atomic E-state index is -3.58. The highest BCUT2D eigenvalue weighted by atomic mass is 31.2. The Hall–Kier alpha value is -0.910. The van der Waals surface area contributed by atoms with Gasteiger partial charge in [-0.2, -0.15) is 0 Å². The normalized spacial score (nSPS) is 12.7. The first kappa shape index (κ1) is 22.1. The molecule has 0 heterocycles. The van der Waals surface area contributed by atoms with Crippen molar-refractivity contribution in [2.45, 2.75) is 59.0 Å². The van der Waals surface area contributed by atoms with Gasteiger partial charge in [0.25, 0.3) is 0 Å². The number of hydrogen-bond donors (Lipinski definition) is 0. The minimum Gasteiger partial charge on any atom is -0.466 e. The van der Waals surface area contributed by atoms with E-state index in [1.54, 1.807) is 27.7 Å². The lowest BCUT2D eigenvalue weighted by molar-refractivity contribution is -0.143. The number of rotatable bonds is 13. The van der Waals surface area contributed by atoms with E-state index < -0.39 is 19.2 Å². The lowest BCUT2D eigenvalue weighted by Crippen LogP contribution is -2.26. The van der Waals surface area contributed by atoms with Gasteiger partial charge in [-0.15, -0.1) is 0 Å². The summed E-state index contributed by atoms with van der Waals surface area (Å²) in [5, 5.41) is 0. The highest BCUT2D eigenvalue weighted by molar-refractivity contribution is 7.55. The molecular weight excluding hydrogens is 323 g/mol. The number of unbranched alkanes of at least 4 members (excludes halogenated alkanes) is 1. The van der Waals surface area contributed by atoms with E-state index in [2.05, 4.69) is 0 Å². The number of carbonyl (C=O) groups excluding carboxylic acids is 2. The highest BCUT2D eigenvalue weighted by Gasteiger charge is 2.41. The first-order chi connectivity index (χ1) is 10.9. The topological polar surface area (TPSA) is 88.1 Å². The molecule has 7 nitrogen and oxygen atoms in total. The molecule has 8 heteroatoms. The van der Waals surface area contributed by atoms with Crippen LogP contribution in [0.25, 0.3) is 0 Å². The van der Waals surface area contributed by atoms with E-state index in [0.29, 0.717) is 19.4 Å². The Morgan fingerprint density at radius 2 is 1.43 bits per heavy atom. The molecule has 1 atom stereocenters. The summed E-state index contributed by atoms with van der Waals surface area (Å²) in [4.78, 5) is 23.4. The van der Waals surface area contributed by atoms with E-state index in [-0.39, 0.29) is 38.6 Å². The Balaban J connectivity index is 4.77. The zero-order chi connectivity index (χ0) is 17.7. The van der Waals surface area contributed by atoms with Crippen molar-refractivity contribution in [1.29, 1.82) is 0 Å². The fourth-order valence-corrected chi connectivity index (χ4v) is 4.05. The molecule has 0 radical (unpaired) electrons. The second kappa shape index (κ2) is 12.5. The van der Waals surface area contributed by atoms with Crippen LogP contribution in [0.5, 0.6) is 0 Å². The predicted octanol–water partition coefficient (Wildman–Crippen LogP) is 3.31. The van der Waals surface area contributed by atoms with Crippen LogP contribution in [0.15, 0.2) is 0 Å². The first-order valence-electron chi connectivity index (χ1n) is 8.16. The highest BCUT2D eigenvalue weighted by Crippen LogP contribution is 2.55. The van der Waals surface area contributed by atoms with Crippen LogP contribution in [0.3, 0.4) is 0 Å². The zero-order valence-corrected chi connectivity index (χ0v) is 15.4. The third-order valence-corrected chi connectivity index (χ3v) is 5.44. The van der Waals surface area contributed by atoms with Crippen LogP contribution < -0.4 is 0 Å². The molecule has 0 unspecified atom stereocenters. The summed E-state index contributed by atoms with van der Waals surface area (Å²) in [5.41, 5.74) is -0.968. The standard InChI is InChI=1S/C15H29O7P/c1-5-19-14(16)12-10-9-11-13(15(17)20-6-2)23(18,21-7-3)22-8-4/h13H,5-12H2,1-4H3/t13-/m1/s1. The van der Waals surface area contributed by atoms with Crippen LogP contribution in [0.2, 0.25) is 0 Å². The molecule has 0 fully saturated rings. The Morgan fingerprint density at radius 1 is 0.870 bits per heavy atom. The third kappa shape index (κ3) is 8.49. The van der Waals surface area contributed by atoms with Gasteiger partial charge in [-0.25, -0.2) is 0 Å². The van der Waals surface area contributed by atoms with Crippen molar-refractivity contribution in [3.05, 3.63) is 0 Å². The van der Waals surface area contributed by atoms with Crippen LogP contribution in [0.4, 0.5) is 0 Å². The van der Waals surface area contributed by atoms with Crippen LogP contribution >= 0.6 is 7.60 Å². The van der Waals surface area contributed by atoms with Gasteiger partial charge in [-0.05, 0) is 40.5 Å². The summed E-state index contributed by atoms with van der Waals surface area (Å²) in [6.07, 6.45) is 1.59. The van der Waals surface area contributed by atoms with Gasteiger partial charge in [-0.3, -0.25) is 14.2 Å². The molecular formula is C15H29O7P. The van der Waals surface area contributed by atoms with E-state index in [1.165, 1.54) is 0 Å². The fraction of sp³-hybridized carbons (Fsp3) is 0.867. The number of hydrogen-bond acceptors (Lipinski definition) is 7. The fourth-order valence-electron chi connectivity index (χ4n) is 2.06. The largest absolute Gasteiger partial charge is 0.466 e. The molecule has 0 amide bonds. The Bertz CT molecular complexity index is 387. The SMILES string of the molecule is CCOC(=O)CCCC[C@H](C(=O)OCC)P(=O)(OCC)OCC. The molecule has 0 N–H and O–H groups in total. The molecule has 0 bridgehead atoms. The summed E-state index contributed by atoms with van der Waals surface area (Å²) in [7, 11) is -3.58. The molecule has 23 heavy (non-hydrogen) atoms. The zero-order valence-electron chi connectivity index (χ0n) is 14.5. The van der Waals surface area contributed by atoms with Crippen molar-refractivity contribution in [3.63, 3.8) is 0 Å². The second-order valence-corrected chi connectivity index (χ2v) is 6.91. The summed E-state index contributed by atoms with van der Waals surface area (Å²) in [6.45, 7) is 7.69. The van der Waals surface area contributed by atoms with Gasteiger partial charge >= 0.3 is 19.5 Å². The monoisotopic (exact) mass is 352 g/mol. The van der Waals surface area contributed by atoms with Gasteiger partial charge in [0.05, 0.1) is 26.4 Å². The third-order valence-electron chi connectivity index (χ3n) is 2.97. The van der Waals surface area contributed by atoms with E-state index >= 15 is 0 Å².